The molecular formula is C24H53N13O4. The maximum atomic E-state index is 13.2. The van der Waals surface area contributed by atoms with Gasteiger partial charge in [0.15, 0.2) is 11.7 Å². The highest BCUT2D eigenvalue weighted by molar-refractivity contribution is 6.38. The van der Waals surface area contributed by atoms with Crippen molar-refractivity contribution >= 4 is 29.3 Å². The average molecular weight is 588 g/mol. The van der Waals surface area contributed by atoms with E-state index < -0.39 is 48.2 Å². The summed E-state index contributed by atoms with van der Waals surface area (Å²) < 4.78 is 0. The molecule has 2 amide bonds. The van der Waals surface area contributed by atoms with Crippen molar-refractivity contribution in [1.82, 2.24) is 37.4 Å². The lowest BCUT2D eigenvalue weighted by atomic mass is 10.0. The Morgan fingerprint density at radius 3 is 1.68 bits per heavy atom. The van der Waals surface area contributed by atoms with Crippen LogP contribution in [0.15, 0.2) is 0 Å². The number of Topliss-reactive ketones (excluding diaryl/α,β-unsaturated/α-hetero) is 2. The van der Waals surface area contributed by atoms with Crippen molar-refractivity contribution < 1.29 is 19.2 Å². The Morgan fingerprint density at radius 2 is 1.22 bits per heavy atom. The van der Waals surface area contributed by atoms with E-state index in [0.717, 1.165) is 6.92 Å². The molecule has 41 heavy (non-hydrogen) atoms. The summed E-state index contributed by atoms with van der Waals surface area (Å²) in [5.74, 6) is -2.47. The topological polar surface area (TPSA) is 306 Å². The molecule has 0 unspecified atom stereocenters. The Kier molecular flexibility index (Phi) is 20.4. The van der Waals surface area contributed by atoms with Crippen molar-refractivity contribution in [2.75, 3.05) is 26.2 Å². The minimum atomic E-state index is -1.01. The van der Waals surface area contributed by atoms with Crippen molar-refractivity contribution in [3.63, 3.8) is 0 Å². The Bertz CT molecular complexity index is 810. The number of nitrogens with two attached hydrogens (primary N) is 5. The number of hydrogen-bond acceptors (Lipinski definition) is 13. The highest BCUT2D eigenvalue weighted by Crippen LogP contribution is 2.06. The molecule has 0 spiro atoms. The third kappa shape index (κ3) is 19.1. The maximum absolute atomic E-state index is 13.2. The van der Waals surface area contributed by atoms with E-state index >= 15 is 0 Å². The van der Waals surface area contributed by atoms with Crippen LogP contribution in [-0.2, 0) is 19.2 Å². The molecule has 3 atom stereocenters. The Labute approximate surface area is 242 Å². The van der Waals surface area contributed by atoms with Crippen LogP contribution in [0.3, 0.4) is 0 Å². The summed E-state index contributed by atoms with van der Waals surface area (Å²) >= 11 is 0. The summed E-state index contributed by atoms with van der Waals surface area (Å²) in [6.07, 6.45) is 1.60. The van der Waals surface area contributed by atoms with Gasteiger partial charge in [0, 0.05) is 20.0 Å². The zero-order valence-corrected chi connectivity index (χ0v) is 24.6. The van der Waals surface area contributed by atoms with Crippen LogP contribution in [-0.4, -0.2) is 86.2 Å². The third-order valence-corrected chi connectivity index (χ3v) is 5.98. The van der Waals surface area contributed by atoms with Crippen LogP contribution < -0.4 is 66.1 Å². The molecule has 0 radical (unpaired) electrons. The summed E-state index contributed by atoms with van der Waals surface area (Å²) in [6, 6.07) is -2.53. The lowest BCUT2D eigenvalue weighted by Gasteiger charge is -2.27. The molecule has 0 bridgehead atoms. The fourth-order valence-corrected chi connectivity index (χ4v) is 3.73. The molecule has 0 fully saturated rings. The molecule has 17 nitrogen and oxygen atoms in total. The number of rotatable bonds is 24. The van der Waals surface area contributed by atoms with Crippen molar-refractivity contribution in [1.29, 1.82) is 5.41 Å². The average Bonchev–Trinajstić information content (AvgIpc) is 2.87. The van der Waals surface area contributed by atoms with Gasteiger partial charge in [-0.25, -0.2) is 10.9 Å². The number of amides is 2. The van der Waals surface area contributed by atoms with E-state index in [1.54, 1.807) is 0 Å². The predicted molar refractivity (Wildman–Crippen MR) is 157 cm³/mol. The second-order valence-corrected chi connectivity index (χ2v) is 10.1. The highest BCUT2D eigenvalue weighted by atomic mass is 16.2. The molecule has 0 aliphatic heterocycles. The third-order valence-electron chi connectivity index (χ3n) is 5.98. The largest absolute Gasteiger partial charge is 0.370 e. The highest BCUT2D eigenvalue weighted by Gasteiger charge is 2.30. The zero-order chi connectivity index (χ0) is 31.4. The van der Waals surface area contributed by atoms with Crippen LogP contribution in [0.25, 0.3) is 0 Å². The first-order chi connectivity index (χ1) is 19.3. The second kappa shape index (κ2) is 21.9. The summed E-state index contributed by atoms with van der Waals surface area (Å²) in [5, 5.41) is 21.1. The zero-order valence-electron chi connectivity index (χ0n) is 24.6. The lowest BCUT2D eigenvalue weighted by Crippen LogP contribution is -2.60. The van der Waals surface area contributed by atoms with Gasteiger partial charge in [0.1, 0.15) is 18.6 Å². The molecule has 17 heteroatoms. The molecule has 18 N–H and O–H groups in total. The van der Waals surface area contributed by atoms with E-state index in [2.05, 4.69) is 37.4 Å². The van der Waals surface area contributed by atoms with Gasteiger partial charge >= 0.3 is 0 Å². The van der Waals surface area contributed by atoms with Gasteiger partial charge in [0.05, 0.1) is 12.1 Å². The molecule has 0 aromatic rings. The lowest BCUT2D eigenvalue weighted by molar-refractivity contribution is -0.138. The Hall–Kier alpha value is -2.77. The number of hydrazine groups is 1. The standard InChI is InChI=1S/C24H53N13O4/c1-14(2)18(21(41)35-16(19(39)15(3)38)8-6-12-33-23(27)28)37-36-17(9-7-13-34-24(29)30)20(40)31-10-4-5-11-32-22(25)26/h14,16-18,23-24,33-34,36-37H,4-13,27-30H2,1-3H3,(H,31,40)(H,35,41)(H4,25,26,32)/t16-,17-,18-/m0/s1. The van der Waals surface area contributed by atoms with Crippen LogP contribution in [0.2, 0.25) is 0 Å². The molecule has 238 valence electrons. The normalized spacial score (nSPS) is 13.6. The summed E-state index contributed by atoms with van der Waals surface area (Å²) in [5.41, 5.74) is 33.1. The fraction of sp³-hybridized carbons (Fsp3) is 0.792. The molecule has 0 aromatic heterocycles. The SMILES string of the molecule is CC(=O)C(=O)[C@H](CCCNC(N)N)NC(=O)[C@@H](NN[C@@H](CCCNC(N)N)C(=O)NCCCCNC(=N)N)C(C)C. The maximum Gasteiger partial charge on any atom is 0.239 e. The smallest absolute Gasteiger partial charge is 0.239 e. The summed E-state index contributed by atoms with van der Waals surface area (Å²) in [6.45, 7) is 6.59. The van der Waals surface area contributed by atoms with E-state index in [1.165, 1.54) is 0 Å². The molecular weight excluding hydrogens is 534 g/mol. The van der Waals surface area contributed by atoms with Gasteiger partial charge in [-0.1, -0.05) is 13.8 Å². The Balaban J connectivity index is 5.25. The molecule has 0 saturated heterocycles. The molecule has 0 rings (SSSR count). The fourth-order valence-electron chi connectivity index (χ4n) is 3.73. The number of ketones is 2. The number of carbonyl (C=O) groups is 4. The molecule has 0 saturated carbocycles. The first kappa shape index (κ1) is 38.2. The van der Waals surface area contributed by atoms with Gasteiger partial charge in [0.25, 0.3) is 0 Å². The monoisotopic (exact) mass is 587 g/mol. The minimum Gasteiger partial charge on any atom is -0.370 e. The second-order valence-electron chi connectivity index (χ2n) is 10.1. The van der Waals surface area contributed by atoms with Crippen LogP contribution in [0.1, 0.15) is 59.3 Å². The summed E-state index contributed by atoms with van der Waals surface area (Å²) in [4.78, 5) is 50.4. The van der Waals surface area contributed by atoms with Crippen molar-refractivity contribution in [2.45, 2.75) is 90.0 Å². The first-order valence-electron chi connectivity index (χ1n) is 14.0. The van der Waals surface area contributed by atoms with Crippen molar-refractivity contribution in [3.05, 3.63) is 0 Å². The summed E-state index contributed by atoms with van der Waals surface area (Å²) in [7, 11) is 0. The minimum absolute atomic E-state index is 0.107. The van der Waals surface area contributed by atoms with Gasteiger partial charge in [-0.05, 0) is 57.5 Å². The van der Waals surface area contributed by atoms with E-state index in [1.807, 2.05) is 13.8 Å². The van der Waals surface area contributed by atoms with E-state index in [9.17, 15) is 19.2 Å². The number of carbonyl (C=O) groups excluding carboxylic acids is 4. The van der Waals surface area contributed by atoms with Crippen molar-refractivity contribution in [2.24, 2.45) is 34.6 Å². The van der Waals surface area contributed by atoms with Crippen LogP contribution >= 0.6 is 0 Å². The van der Waals surface area contributed by atoms with E-state index in [-0.39, 0.29) is 24.2 Å². The molecule has 0 heterocycles. The number of hydrogen-bond donors (Lipinski definition) is 13. The van der Waals surface area contributed by atoms with Crippen LogP contribution in [0.4, 0.5) is 0 Å². The number of guanidine groups is 1. The van der Waals surface area contributed by atoms with Gasteiger partial charge in [-0.3, -0.25) is 35.2 Å². The van der Waals surface area contributed by atoms with E-state index in [0.29, 0.717) is 58.3 Å². The number of unbranched alkanes of at least 4 members (excludes halogenated alkanes) is 1. The predicted octanol–water partition coefficient (Wildman–Crippen LogP) is -4.36. The van der Waals surface area contributed by atoms with Gasteiger partial charge < -0.3 is 44.6 Å². The van der Waals surface area contributed by atoms with E-state index in [4.69, 9.17) is 34.1 Å². The van der Waals surface area contributed by atoms with Gasteiger partial charge in [-0.15, -0.1) is 0 Å². The number of nitrogens with one attached hydrogen (secondary N) is 8. The first-order valence-corrected chi connectivity index (χ1v) is 14.0. The Morgan fingerprint density at radius 1 is 0.707 bits per heavy atom. The van der Waals surface area contributed by atoms with Gasteiger partial charge in [-0.2, -0.15) is 0 Å². The van der Waals surface area contributed by atoms with Gasteiger partial charge in [0.2, 0.25) is 17.6 Å². The molecule has 0 aliphatic carbocycles. The quantitative estimate of drug-likeness (QED) is 0.0127. The molecule has 0 aliphatic rings. The molecule has 0 aromatic carbocycles. The van der Waals surface area contributed by atoms with Crippen molar-refractivity contribution in [3.8, 4) is 0 Å². The van der Waals surface area contributed by atoms with Crippen LogP contribution in [0, 0.1) is 11.3 Å². The van der Waals surface area contributed by atoms with Crippen LogP contribution in [0.5, 0.6) is 0 Å².